The van der Waals surface area contributed by atoms with Gasteiger partial charge < -0.3 is 18.9 Å². The van der Waals surface area contributed by atoms with E-state index in [1.807, 2.05) is 0 Å². The van der Waals surface area contributed by atoms with E-state index in [0.717, 1.165) is 12.8 Å². The zero-order valence-corrected chi connectivity index (χ0v) is 19.6. The molecule has 0 atom stereocenters. The van der Waals surface area contributed by atoms with E-state index in [1.54, 1.807) is 0 Å². The molecule has 30 heavy (non-hydrogen) atoms. The Balaban J connectivity index is 3.31. The molecule has 0 bridgehead atoms. The van der Waals surface area contributed by atoms with Crippen LogP contribution in [-0.2, 0) is 28.5 Å². The molecule has 0 unspecified atom stereocenters. The molecular weight excluding hydrogens is 384 g/mol. The lowest BCUT2D eigenvalue weighted by molar-refractivity contribution is -0.151. The molecule has 0 fully saturated rings. The van der Waals surface area contributed by atoms with Crippen LogP contribution in [0.2, 0.25) is 0 Å². The van der Waals surface area contributed by atoms with Crippen molar-refractivity contribution in [1.29, 1.82) is 0 Å². The first-order valence-electron chi connectivity index (χ1n) is 12.2. The van der Waals surface area contributed by atoms with Crippen molar-refractivity contribution in [2.75, 3.05) is 39.6 Å². The maximum atomic E-state index is 11.6. The van der Waals surface area contributed by atoms with Crippen molar-refractivity contribution in [3.63, 3.8) is 0 Å². The lowest BCUT2D eigenvalue weighted by atomic mass is 10.1. The second-order valence-corrected chi connectivity index (χ2v) is 7.70. The van der Waals surface area contributed by atoms with Gasteiger partial charge in [-0.15, -0.1) is 0 Å². The monoisotopic (exact) mass is 430 g/mol. The van der Waals surface area contributed by atoms with Gasteiger partial charge in [0.2, 0.25) is 0 Å². The van der Waals surface area contributed by atoms with E-state index in [2.05, 4.69) is 13.8 Å². The molecular formula is C24H46O6. The number of hydrogen-bond donors (Lipinski definition) is 0. The van der Waals surface area contributed by atoms with Gasteiger partial charge in [0.25, 0.3) is 0 Å². The summed E-state index contributed by atoms with van der Waals surface area (Å²) in [5.41, 5.74) is 0. The Labute approximate surface area is 184 Å². The Bertz CT molecular complexity index is 350. The first-order valence-corrected chi connectivity index (χ1v) is 12.2. The van der Waals surface area contributed by atoms with Crippen LogP contribution >= 0.6 is 0 Å². The highest BCUT2D eigenvalue weighted by molar-refractivity contribution is 5.77. The molecule has 0 aliphatic heterocycles. The fourth-order valence-corrected chi connectivity index (χ4v) is 2.95. The van der Waals surface area contributed by atoms with Crippen LogP contribution in [0.3, 0.4) is 0 Å². The largest absolute Gasteiger partial charge is 0.463 e. The van der Waals surface area contributed by atoms with Gasteiger partial charge >= 0.3 is 11.9 Å². The van der Waals surface area contributed by atoms with Crippen LogP contribution in [0.5, 0.6) is 0 Å². The molecule has 0 amide bonds. The summed E-state index contributed by atoms with van der Waals surface area (Å²) in [7, 11) is 0. The summed E-state index contributed by atoms with van der Waals surface area (Å²) in [6.45, 7) is 7.10. The highest BCUT2D eigenvalue weighted by atomic mass is 16.6. The second-order valence-electron chi connectivity index (χ2n) is 7.70. The van der Waals surface area contributed by atoms with Gasteiger partial charge in [0.15, 0.2) is 0 Å². The number of carbonyl (C=O) groups is 2. The molecule has 0 aliphatic rings. The average Bonchev–Trinajstić information content (AvgIpc) is 2.75. The second kappa shape index (κ2) is 24.1. The van der Waals surface area contributed by atoms with Gasteiger partial charge in [-0.1, -0.05) is 78.1 Å². The number of esters is 2. The van der Waals surface area contributed by atoms with E-state index in [-0.39, 0.29) is 26.1 Å². The predicted molar refractivity (Wildman–Crippen MR) is 120 cm³/mol. The lowest BCUT2D eigenvalue weighted by Crippen LogP contribution is -2.15. The molecule has 0 heterocycles. The molecule has 6 nitrogen and oxygen atoms in total. The molecule has 0 radical (unpaired) electrons. The Morgan fingerprint density at radius 1 is 0.467 bits per heavy atom. The zero-order valence-electron chi connectivity index (χ0n) is 19.6. The van der Waals surface area contributed by atoms with Gasteiger partial charge in [-0.25, -0.2) is 0 Å². The van der Waals surface area contributed by atoms with Crippen molar-refractivity contribution in [2.45, 2.75) is 104 Å². The Morgan fingerprint density at radius 3 is 1.23 bits per heavy atom. The van der Waals surface area contributed by atoms with Crippen LogP contribution in [0.15, 0.2) is 0 Å². The molecule has 0 spiro atoms. The molecule has 0 saturated carbocycles. The highest BCUT2D eigenvalue weighted by Crippen LogP contribution is 2.06. The summed E-state index contributed by atoms with van der Waals surface area (Å²) < 4.78 is 21.0. The van der Waals surface area contributed by atoms with Crippen LogP contribution < -0.4 is 0 Å². The van der Waals surface area contributed by atoms with Gasteiger partial charge in [0, 0.05) is 13.2 Å². The number of ether oxygens (including phenoxy) is 4. The normalized spacial score (nSPS) is 10.9. The van der Waals surface area contributed by atoms with Crippen LogP contribution in [0, 0.1) is 0 Å². The van der Waals surface area contributed by atoms with Crippen molar-refractivity contribution in [2.24, 2.45) is 0 Å². The molecule has 0 N–H and O–H groups in total. The summed E-state index contributed by atoms with van der Waals surface area (Å²) in [6.07, 6.45) is 14.8. The summed E-state index contributed by atoms with van der Waals surface area (Å²) in [6, 6.07) is 0. The number of hydrogen-bond acceptors (Lipinski definition) is 6. The van der Waals surface area contributed by atoms with E-state index >= 15 is 0 Å². The molecule has 0 saturated heterocycles. The van der Waals surface area contributed by atoms with E-state index in [0.29, 0.717) is 26.4 Å². The lowest BCUT2D eigenvalue weighted by Gasteiger charge is -2.07. The third-order valence-corrected chi connectivity index (χ3v) is 4.80. The summed E-state index contributed by atoms with van der Waals surface area (Å²) in [4.78, 5) is 23.2. The van der Waals surface area contributed by atoms with Crippen LogP contribution in [0.4, 0.5) is 0 Å². The van der Waals surface area contributed by atoms with Gasteiger partial charge in [-0.2, -0.15) is 0 Å². The van der Waals surface area contributed by atoms with Crippen molar-refractivity contribution in [3.05, 3.63) is 0 Å². The Kier molecular flexibility index (Phi) is 23.2. The van der Waals surface area contributed by atoms with Gasteiger partial charge in [0.05, 0.1) is 26.1 Å². The van der Waals surface area contributed by atoms with Crippen LogP contribution in [0.1, 0.15) is 104 Å². The molecule has 0 aromatic heterocycles. The van der Waals surface area contributed by atoms with Crippen molar-refractivity contribution >= 4 is 11.9 Å². The zero-order chi connectivity index (χ0) is 22.1. The summed E-state index contributed by atoms with van der Waals surface area (Å²) in [5, 5.41) is 0. The van der Waals surface area contributed by atoms with Crippen molar-refractivity contribution < 1.29 is 28.5 Å². The van der Waals surface area contributed by atoms with Gasteiger partial charge in [0.1, 0.15) is 13.2 Å². The first-order chi connectivity index (χ1) is 14.7. The topological polar surface area (TPSA) is 71.1 Å². The molecule has 0 rings (SSSR count). The van der Waals surface area contributed by atoms with Gasteiger partial charge in [-0.3, -0.25) is 9.59 Å². The smallest absolute Gasteiger partial charge is 0.306 e. The maximum absolute atomic E-state index is 11.6. The molecule has 6 heteroatoms. The van der Waals surface area contributed by atoms with E-state index in [9.17, 15) is 9.59 Å². The maximum Gasteiger partial charge on any atom is 0.306 e. The van der Waals surface area contributed by atoms with E-state index in [4.69, 9.17) is 18.9 Å². The first kappa shape index (κ1) is 28.9. The van der Waals surface area contributed by atoms with Gasteiger partial charge in [-0.05, 0) is 12.8 Å². The predicted octanol–water partition coefficient (Wildman–Crippen LogP) is 5.61. The molecule has 0 aromatic rings. The average molecular weight is 431 g/mol. The number of carbonyl (C=O) groups excluding carboxylic acids is 2. The SMILES string of the molecule is CCCCCCCCOCCOC(=O)CCC(=O)OCCOCCCCCCCC. The minimum absolute atomic E-state index is 0.0366. The highest BCUT2D eigenvalue weighted by Gasteiger charge is 2.09. The third kappa shape index (κ3) is 23.1. The fraction of sp³-hybridized carbons (Fsp3) is 0.917. The van der Waals surface area contributed by atoms with E-state index in [1.165, 1.54) is 64.2 Å². The summed E-state index contributed by atoms with van der Waals surface area (Å²) in [5.74, 6) is -0.788. The van der Waals surface area contributed by atoms with Crippen LogP contribution in [0.25, 0.3) is 0 Å². The Hall–Kier alpha value is -1.14. The van der Waals surface area contributed by atoms with E-state index < -0.39 is 11.9 Å². The molecule has 0 aromatic carbocycles. The number of unbranched alkanes of at least 4 members (excludes halogenated alkanes) is 10. The standard InChI is InChI=1S/C24H46O6/c1-3-5-7-9-11-13-17-27-19-21-29-23(25)15-16-24(26)30-22-20-28-18-14-12-10-8-6-4-2/h3-22H2,1-2H3. The third-order valence-electron chi connectivity index (χ3n) is 4.80. The minimum atomic E-state index is -0.394. The van der Waals surface area contributed by atoms with Crippen molar-refractivity contribution in [3.8, 4) is 0 Å². The fourth-order valence-electron chi connectivity index (χ4n) is 2.95. The summed E-state index contributed by atoms with van der Waals surface area (Å²) >= 11 is 0. The number of rotatable bonds is 23. The minimum Gasteiger partial charge on any atom is -0.463 e. The Morgan fingerprint density at radius 2 is 0.833 bits per heavy atom. The molecule has 178 valence electrons. The molecule has 0 aliphatic carbocycles. The van der Waals surface area contributed by atoms with Crippen molar-refractivity contribution in [1.82, 2.24) is 0 Å². The van der Waals surface area contributed by atoms with Crippen LogP contribution in [-0.4, -0.2) is 51.6 Å². The quantitative estimate of drug-likeness (QED) is 0.155.